The molecule has 1 heterocycles. The number of benzene rings is 2. The van der Waals surface area contributed by atoms with Crippen molar-refractivity contribution in [3.8, 4) is 5.75 Å². The number of amides is 2. The van der Waals surface area contributed by atoms with E-state index in [1.807, 2.05) is 24.3 Å². The molecule has 0 bridgehead atoms. The van der Waals surface area contributed by atoms with E-state index in [0.29, 0.717) is 17.6 Å². The highest BCUT2D eigenvalue weighted by molar-refractivity contribution is 9.10. The molecule has 2 amide bonds. The Bertz CT molecular complexity index is 969. The lowest BCUT2D eigenvalue weighted by Crippen LogP contribution is -2.31. The molecular formula is C19H16BrF2N3O2. The summed E-state index contributed by atoms with van der Waals surface area (Å²) in [4.78, 5) is 18.2. The second kappa shape index (κ2) is 8.30. The third-order valence-electron chi connectivity index (χ3n) is 3.90. The first-order chi connectivity index (χ1) is 13.0. The van der Waals surface area contributed by atoms with E-state index in [0.717, 1.165) is 10.0 Å². The number of hydrogen-bond donors (Lipinski definition) is 1. The molecule has 1 aromatic heterocycles. The minimum atomic E-state index is -2.95. The fourth-order valence-corrected chi connectivity index (χ4v) is 3.02. The summed E-state index contributed by atoms with van der Waals surface area (Å²) in [6.45, 7) is -2.55. The number of aromatic nitrogens is 1. The Hall–Kier alpha value is -2.74. The van der Waals surface area contributed by atoms with Crippen LogP contribution in [0.15, 0.2) is 59.2 Å². The fourth-order valence-electron chi connectivity index (χ4n) is 2.61. The zero-order valence-electron chi connectivity index (χ0n) is 14.3. The number of carbonyl (C=O) groups is 1. The summed E-state index contributed by atoms with van der Waals surface area (Å²) in [5, 5.41) is 3.31. The van der Waals surface area contributed by atoms with Crippen molar-refractivity contribution >= 4 is 38.6 Å². The van der Waals surface area contributed by atoms with E-state index in [1.54, 1.807) is 19.2 Å². The molecule has 3 rings (SSSR count). The Kier molecular flexibility index (Phi) is 5.85. The first kappa shape index (κ1) is 19.0. The van der Waals surface area contributed by atoms with Crippen LogP contribution in [0.25, 0.3) is 10.9 Å². The van der Waals surface area contributed by atoms with Crippen LogP contribution in [-0.2, 0) is 6.54 Å². The van der Waals surface area contributed by atoms with Crippen molar-refractivity contribution in [2.24, 2.45) is 0 Å². The van der Waals surface area contributed by atoms with Crippen LogP contribution in [0.1, 0.15) is 5.56 Å². The summed E-state index contributed by atoms with van der Waals surface area (Å²) >= 11 is 3.46. The van der Waals surface area contributed by atoms with E-state index in [-0.39, 0.29) is 17.3 Å². The topological polar surface area (TPSA) is 54.5 Å². The van der Waals surface area contributed by atoms with E-state index in [1.165, 1.54) is 23.2 Å². The molecule has 140 valence electrons. The number of urea groups is 1. The van der Waals surface area contributed by atoms with Gasteiger partial charge in [-0.2, -0.15) is 8.78 Å². The molecule has 5 nitrogen and oxygen atoms in total. The van der Waals surface area contributed by atoms with Crippen molar-refractivity contribution in [2.75, 3.05) is 12.4 Å². The van der Waals surface area contributed by atoms with Gasteiger partial charge >= 0.3 is 12.6 Å². The number of alkyl halides is 2. The molecule has 0 unspecified atom stereocenters. The number of nitrogens with zero attached hydrogens (tertiary/aromatic N) is 2. The molecule has 2 aromatic carbocycles. The van der Waals surface area contributed by atoms with Gasteiger partial charge in [-0.05, 0) is 35.9 Å². The molecule has 0 fully saturated rings. The fraction of sp³-hybridized carbons (Fsp3) is 0.158. The minimum Gasteiger partial charge on any atom is -0.432 e. The van der Waals surface area contributed by atoms with Gasteiger partial charge in [0.25, 0.3) is 0 Å². The van der Waals surface area contributed by atoms with Crippen LogP contribution in [0.3, 0.4) is 0 Å². The lowest BCUT2D eigenvalue weighted by Gasteiger charge is -2.20. The minimum absolute atomic E-state index is 0.0415. The number of ether oxygens (including phenoxy) is 1. The van der Waals surface area contributed by atoms with Crippen LogP contribution >= 0.6 is 15.9 Å². The number of anilines is 1. The van der Waals surface area contributed by atoms with Crippen LogP contribution in [0.5, 0.6) is 5.75 Å². The number of pyridine rings is 1. The number of carbonyl (C=O) groups excluding carboxylic acids is 1. The predicted molar refractivity (Wildman–Crippen MR) is 103 cm³/mol. The average molecular weight is 436 g/mol. The molecule has 0 aliphatic heterocycles. The molecule has 0 atom stereocenters. The van der Waals surface area contributed by atoms with Gasteiger partial charge in [0.15, 0.2) is 5.75 Å². The van der Waals surface area contributed by atoms with Crippen molar-refractivity contribution in [1.82, 2.24) is 9.88 Å². The quantitative estimate of drug-likeness (QED) is 0.594. The largest absolute Gasteiger partial charge is 0.432 e. The van der Waals surface area contributed by atoms with Crippen molar-refractivity contribution in [2.45, 2.75) is 13.2 Å². The molecule has 1 N–H and O–H groups in total. The Morgan fingerprint density at radius 3 is 2.74 bits per heavy atom. The Morgan fingerprint density at radius 1 is 1.22 bits per heavy atom. The van der Waals surface area contributed by atoms with E-state index in [4.69, 9.17) is 0 Å². The van der Waals surface area contributed by atoms with Gasteiger partial charge in [0, 0.05) is 29.6 Å². The van der Waals surface area contributed by atoms with Gasteiger partial charge in [0.1, 0.15) is 5.52 Å². The van der Waals surface area contributed by atoms with Crippen molar-refractivity contribution in [3.05, 3.63) is 64.8 Å². The highest BCUT2D eigenvalue weighted by atomic mass is 79.9. The summed E-state index contributed by atoms with van der Waals surface area (Å²) in [5.74, 6) is -0.0415. The Morgan fingerprint density at radius 2 is 2.00 bits per heavy atom. The van der Waals surface area contributed by atoms with Gasteiger partial charge in [-0.3, -0.25) is 4.98 Å². The third-order valence-corrected chi connectivity index (χ3v) is 4.68. The van der Waals surface area contributed by atoms with Gasteiger partial charge in [-0.1, -0.05) is 34.1 Å². The van der Waals surface area contributed by atoms with E-state index in [2.05, 4.69) is 31.0 Å². The Labute approximate surface area is 163 Å². The lowest BCUT2D eigenvalue weighted by molar-refractivity contribution is -0.0489. The zero-order chi connectivity index (χ0) is 19.4. The van der Waals surface area contributed by atoms with Gasteiger partial charge in [-0.25, -0.2) is 4.79 Å². The van der Waals surface area contributed by atoms with Gasteiger partial charge < -0.3 is 15.0 Å². The maximum atomic E-state index is 12.6. The number of fused-ring (bicyclic) bond motifs is 1. The molecule has 0 aliphatic carbocycles. The summed E-state index contributed by atoms with van der Waals surface area (Å²) in [7, 11) is 1.67. The van der Waals surface area contributed by atoms with Crippen LogP contribution in [0.4, 0.5) is 19.3 Å². The highest BCUT2D eigenvalue weighted by Crippen LogP contribution is 2.31. The summed E-state index contributed by atoms with van der Waals surface area (Å²) in [5.41, 5.74) is 1.68. The van der Waals surface area contributed by atoms with E-state index < -0.39 is 6.61 Å². The van der Waals surface area contributed by atoms with Crippen molar-refractivity contribution in [1.29, 1.82) is 0 Å². The predicted octanol–water partition coefficient (Wildman–Crippen LogP) is 5.26. The standard InChI is InChI=1S/C19H16BrF2N3O2/c1-25(11-12-5-2-3-7-14(12)20)19(26)24-15-8-9-16(27-18(21)22)17-13(15)6-4-10-23-17/h2-10,18H,11H2,1H3,(H,24,26). The highest BCUT2D eigenvalue weighted by Gasteiger charge is 2.16. The van der Waals surface area contributed by atoms with E-state index in [9.17, 15) is 13.6 Å². The summed E-state index contributed by atoms with van der Waals surface area (Å²) in [6.07, 6.45) is 1.48. The SMILES string of the molecule is CN(Cc1ccccc1Br)C(=O)Nc1ccc(OC(F)F)c2ncccc12. The van der Waals surface area contributed by atoms with Gasteiger partial charge in [0.05, 0.1) is 5.69 Å². The number of halogens is 3. The maximum Gasteiger partial charge on any atom is 0.387 e. The Balaban J connectivity index is 1.82. The number of hydrogen-bond acceptors (Lipinski definition) is 3. The van der Waals surface area contributed by atoms with Crippen LogP contribution in [0.2, 0.25) is 0 Å². The van der Waals surface area contributed by atoms with E-state index >= 15 is 0 Å². The second-order valence-electron chi connectivity index (χ2n) is 5.77. The zero-order valence-corrected chi connectivity index (χ0v) is 15.9. The molecule has 27 heavy (non-hydrogen) atoms. The molecule has 0 aliphatic rings. The normalized spacial score (nSPS) is 10.9. The smallest absolute Gasteiger partial charge is 0.387 e. The summed E-state index contributed by atoms with van der Waals surface area (Å²) in [6, 6.07) is 13.5. The molecule has 0 saturated heterocycles. The average Bonchev–Trinajstić information content (AvgIpc) is 2.65. The lowest BCUT2D eigenvalue weighted by atomic mass is 10.1. The van der Waals surface area contributed by atoms with Gasteiger partial charge in [-0.15, -0.1) is 0 Å². The molecule has 0 radical (unpaired) electrons. The van der Waals surface area contributed by atoms with Crippen LogP contribution in [0, 0.1) is 0 Å². The third kappa shape index (κ3) is 4.51. The molecular weight excluding hydrogens is 420 g/mol. The van der Waals surface area contributed by atoms with Crippen molar-refractivity contribution in [3.63, 3.8) is 0 Å². The molecule has 0 spiro atoms. The summed E-state index contributed by atoms with van der Waals surface area (Å²) < 4.78 is 30.6. The first-order valence-corrected chi connectivity index (χ1v) is 8.83. The number of nitrogens with one attached hydrogen (secondary N) is 1. The first-order valence-electron chi connectivity index (χ1n) is 8.04. The van der Waals surface area contributed by atoms with Gasteiger partial charge in [0.2, 0.25) is 0 Å². The second-order valence-corrected chi connectivity index (χ2v) is 6.62. The molecule has 3 aromatic rings. The van der Waals surface area contributed by atoms with Crippen LogP contribution < -0.4 is 10.1 Å². The molecule has 8 heteroatoms. The van der Waals surface area contributed by atoms with Crippen LogP contribution in [-0.4, -0.2) is 29.6 Å². The van der Waals surface area contributed by atoms with Crippen molar-refractivity contribution < 1.29 is 18.3 Å². The maximum absolute atomic E-state index is 12.6. The molecule has 0 saturated carbocycles. The monoisotopic (exact) mass is 435 g/mol. The number of rotatable bonds is 5.